The maximum absolute atomic E-state index is 12.6. The second kappa shape index (κ2) is 5.75. The van der Waals surface area contributed by atoms with Crippen LogP contribution in [0.4, 0.5) is 13.2 Å². The number of carboxylic acid groups (broad SMARTS) is 1. The van der Waals surface area contributed by atoms with Gasteiger partial charge in [0.05, 0.1) is 0 Å². The summed E-state index contributed by atoms with van der Waals surface area (Å²) in [4.78, 5) is 10.4. The van der Waals surface area contributed by atoms with Crippen LogP contribution >= 0.6 is 0 Å². The minimum Gasteiger partial charge on any atom is -0.501 e. The lowest BCUT2D eigenvalue weighted by Crippen LogP contribution is -2.19. The molecule has 0 bridgehead atoms. The number of carbonyl (C=O) groups is 1. The first-order valence-electron chi connectivity index (χ1n) is 4.98. The van der Waals surface area contributed by atoms with Gasteiger partial charge < -0.3 is 10.2 Å². The zero-order valence-electron chi connectivity index (χ0n) is 9.80. The van der Waals surface area contributed by atoms with Gasteiger partial charge in [-0.3, -0.25) is 0 Å². The Kier molecular flexibility index (Phi) is 5.25. The Bertz CT molecular complexity index is 351. The van der Waals surface area contributed by atoms with Gasteiger partial charge >= 0.3 is 12.1 Å². The Morgan fingerprint density at radius 3 is 2.06 bits per heavy atom. The maximum atomic E-state index is 12.6. The van der Waals surface area contributed by atoms with Gasteiger partial charge in [0.1, 0.15) is 5.57 Å². The van der Waals surface area contributed by atoms with Gasteiger partial charge in [-0.1, -0.05) is 19.9 Å². The number of allylic oxidation sites excluding steroid dienone is 3. The number of halogens is 3. The number of aliphatic carboxylic acids is 1. The molecule has 3 nitrogen and oxygen atoms in total. The van der Waals surface area contributed by atoms with Crippen molar-refractivity contribution in [2.45, 2.75) is 33.4 Å². The standard InChI is InChI=1S/C11H15F3O3/c1-6(2)4-5-7(3)8(11(12,13)14)9(15)10(16)17/h5-6,15H,4H2,1-3H3,(H,16,17). The third-order valence-electron chi connectivity index (χ3n) is 2.01. The van der Waals surface area contributed by atoms with Gasteiger partial charge in [0.15, 0.2) is 0 Å². The number of aliphatic hydroxyl groups is 1. The topological polar surface area (TPSA) is 57.5 Å². The molecule has 0 atom stereocenters. The highest BCUT2D eigenvalue weighted by molar-refractivity contribution is 5.86. The molecule has 0 saturated carbocycles. The molecule has 0 saturated heterocycles. The Hall–Kier alpha value is -1.46. The molecule has 0 rings (SSSR count). The lowest BCUT2D eigenvalue weighted by Gasteiger charge is -2.13. The summed E-state index contributed by atoms with van der Waals surface area (Å²) in [6.07, 6.45) is -3.25. The number of alkyl halides is 3. The second-order valence-corrected chi connectivity index (χ2v) is 4.04. The summed E-state index contributed by atoms with van der Waals surface area (Å²) in [5.41, 5.74) is -1.78. The van der Waals surface area contributed by atoms with E-state index in [0.29, 0.717) is 6.42 Å². The van der Waals surface area contributed by atoms with Crippen molar-refractivity contribution in [2.75, 3.05) is 0 Å². The molecule has 6 heteroatoms. The number of hydrogen-bond acceptors (Lipinski definition) is 2. The van der Waals surface area contributed by atoms with E-state index in [1.165, 1.54) is 6.08 Å². The highest BCUT2D eigenvalue weighted by Crippen LogP contribution is 2.33. The van der Waals surface area contributed by atoms with Crippen LogP contribution in [0.1, 0.15) is 27.2 Å². The molecule has 0 aliphatic rings. The zero-order valence-corrected chi connectivity index (χ0v) is 9.80. The van der Waals surface area contributed by atoms with E-state index < -0.39 is 23.5 Å². The van der Waals surface area contributed by atoms with Gasteiger partial charge in [-0.15, -0.1) is 0 Å². The van der Waals surface area contributed by atoms with Gasteiger partial charge in [-0.05, 0) is 24.8 Å². The number of aliphatic hydroxyl groups excluding tert-OH is 1. The fraction of sp³-hybridized carbons (Fsp3) is 0.545. The van der Waals surface area contributed by atoms with Crippen LogP contribution < -0.4 is 0 Å². The van der Waals surface area contributed by atoms with Crippen LogP contribution in [-0.4, -0.2) is 22.4 Å². The van der Waals surface area contributed by atoms with Gasteiger partial charge in [-0.2, -0.15) is 13.2 Å². The summed E-state index contributed by atoms with van der Waals surface area (Å²) in [6, 6.07) is 0. The van der Waals surface area contributed by atoms with Crippen molar-refractivity contribution in [2.24, 2.45) is 5.92 Å². The molecule has 0 aromatic rings. The molecular weight excluding hydrogens is 237 g/mol. The second-order valence-electron chi connectivity index (χ2n) is 4.04. The van der Waals surface area contributed by atoms with E-state index in [-0.39, 0.29) is 11.5 Å². The van der Waals surface area contributed by atoms with Crippen molar-refractivity contribution in [3.8, 4) is 0 Å². The molecule has 0 aromatic carbocycles. The van der Waals surface area contributed by atoms with Crippen molar-refractivity contribution >= 4 is 5.97 Å². The van der Waals surface area contributed by atoms with Crippen molar-refractivity contribution in [1.82, 2.24) is 0 Å². The molecule has 17 heavy (non-hydrogen) atoms. The highest BCUT2D eigenvalue weighted by atomic mass is 19.4. The van der Waals surface area contributed by atoms with Gasteiger partial charge in [0, 0.05) is 0 Å². The summed E-state index contributed by atoms with van der Waals surface area (Å²) in [5, 5.41) is 17.4. The predicted octanol–water partition coefficient (Wildman–Crippen LogP) is 3.44. The predicted molar refractivity (Wildman–Crippen MR) is 56.6 cm³/mol. The van der Waals surface area contributed by atoms with Crippen LogP contribution in [0.15, 0.2) is 23.0 Å². The number of carboxylic acids is 1. The monoisotopic (exact) mass is 252 g/mol. The summed E-state index contributed by atoms with van der Waals surface area (Å²) in [5.74, 6) is -3.52. The van der Waals surface area contributed by atoms with Gasteiger partial charge in [0.2, 0.25) is 5.76 Å². The van der Waals surface area contributed by atoms with Crippen LogP contribution in [0.5, 0.6) is 0 Å². The lowest BCUT2D eigenvalue weighted by molar-refractivity contribution is -0.137. The third-order valence-corrected chi connectivity index (χ3v) is 2.01. The normalized spacial score (nSPS) is 14.9. The first-order chi connectivity index (χ1) is 7.57. The Labute approximate surface area is 97.3 Å². The summed E-state index contributed by atoms with van der Waals surface area (Å²) < 4.78 is 37.8. The molecule has 0 unspecified atom stereocenters. The maximum Gasteiger partial charge on any atom is 0.420 e. The third kappa shape index (κ3) is 4.93. The van der Waals surface area contributed by atoms with E-state index in [2.05, 4.69) is 0 Å². The minimum atomic E-state index is -4.89. The zero-order chi connectivity index (χ0) is 13.8. The Morgan fingerprint density at radius 2 is 1.76 bits per heavy atom. The van der Waals surface area contributed by atoms with Crippen LogP contribution in [-0.2, 0) is 4.79 Å². The van der Waals surface area contributed by atoms with E-state index in [1.807, 2.05) is 13.8 Å². The van der Waals surface area contributed by atoms with E-state index in [1.54, 1.807) is 0 Å². The SMILES string of the molecule is CC(=CCC(C)C)C(=C(O)C(=O)O)C(F)(F)F. The number of rotatable bonds is 4. The van der Waals surface area contributed by atoms with Crippen molar-refractivity contribution in [3.63, 3.8) is 0 Å². The summed E-state index contributed by atoms with van der Waals surface area (Å²) in [7, 11) is 0. The van der Waals surface area contributed by atoms with Crippen molar-refractivity contribution in [3.05, 3.63) is 23.0 Å². The Balaban J connectivity index is 5.45. The first kappa shape index (κ1) is 15.5. The van der Waals surface area contributed by atoms with E-state index >= 15 is 0 Å². The molecular formula is C11H15F3O3. The molecule has 2 N–H and O–H groups in total. The molecule has 0 aliphatic carbocycles. The fourth-order valence-corrected chi connectivity index (χ4v) is 1.17. The quantitative estimate of drug-likeness (QED) is 0.458. The van der Waals surface area contributed by atoms with E-state index in [0.717, 1.165) is 6.92 Å². The molecule has 0 amide bonds. The molecule has 0 fully saturated rings. The minimum absolute atomic E-state index is 0.145. The van der Waals surface area contributed by atoms with Crippen LogP contribution in [0.2, 0.25) is 0 Å². The van der Waals surface area contributed by atoms with Gasteiger partial charge in [0.25, 0.3) is 0 Å². The van der Waals surface area contributed by atoms with E-state index in [4.69, 9.17) is 10.2 Å². The van der Waals surface area contributed by atoms with Gasteiger partial charge in [-0.25, -0.2) is 4.79 Å². The Morgan fingerprint density at radius 1 is 1.29 bits per heavy atom. The molecule has 0 radical (unpaired) electrons. The van der Waals surface area contributed by atoms with Crippen molar-refractivity contribution in [1.29, 1.82) is 0 Å². The molecule has 0 heterocycles. The molecule has 0 spiro atoms. The number of hydrogen-bond donors (Lipinski definition) is 2. The first-order valence-corrected chi connectivity index (χ1v) is 4.98. The highest BCUT2D eigenvalue weighted by Gasteiger charge is 2.39. The molecule has 98 valence electrons. The largest absolute Gasteiger partial charge is 0.501 e. The average Bonchev–Trinajstić information content (AvgIpc) is 2.12. The summed E-state index contributed by atoms with van der Waals surface area (Å²) >= 11 is 0. The van der Waals surface area contributed by atoms with E-state index in [9.17, 15) is 18.0 Å². The molecule has 0 aromatic heterocycles. The lowest BCUT2D eigenvalue weighted by atomic mass is 10.0. The van der Waals surface area contributed by atoms with Crippen LogP contribution in [0.3, 0.4) is 0 Å². The molecule has 0 aliphatic heterocycles. The van der Waals surface area contributed by atoms with Crippen molar-refractivity contribution < 1.29 is 28.2 Å². The summed E-state index contributed by atoms with van der Waals surface area (Å²) in [6.45, 7) is 4.76. The smallest absolute Gasteiger partial charge is 0.420 e. The fourth-order valence-electron chi connectivity index (χ4n) is 1.17. The van der Waals surface area contributed by atoms with Crippen LogP contribution in [0, 0.1) is 5.92 Å². The van der Waals surface area contributed by atoms with Crippen LogP contribution in [0.25, 0.3) is 0 Å². The average molecular weight is 252 g/mol.